The normalized spacial score (nSPS) is 14.6. The molecule has 0 fully saturated rings. The molecule has 0 saturated heterocycles. The molecule has 0 bridgehead atoms. The number of nitrogens with zero attached hydrogens (tertiary/aromatic N) is 1. The third kappa shape index (κ3) is 4.29. The van der Waals surface area contributed by atoms with Gasteiger partial charge in [0.1, 0.15) is 5.82 Å². The molecule has 1 amide bonds. The first-order valence-electron chi connectivity index (χ1n) is 7.94. The van der Waals surface area contributed by atoms with E-state index in [1.807, 2.05) is 0 Å². The summed E-state index contributed by atoms with van der Waals surface area (Å²) in [5.74, 6) is -1.28. The van der Waals surface area contributed by atoms with E-state index in [0.717, 1.165) is 0 Å². The standard InChI is InChI=1S/C19H14ClFN2O5/c1-26-15-8-10(6-13(20)17(15)27-9-16(22)24)7-14-19(25)28-18(23-14)11-2-4-12(21)5-3-11/h2-8H,9H2,1H3,(H2,22,24)/b14-7-. The molecule has 144 valence electrons. The van der Waals surface area contributed by atoms with Crippen molar-refractivity contribution in [1.29, 1.82) is 0 Å². The molecule has 1 heterocycles. The van der Waals surface area contributed by atoms with Gasteiger partial charge in [-0.15, -0.1) is 0 Å². The van der Waals surface area contributed by atoms with Crippen LogP contribution < -0.4 is 15.2 Å². The van der Waals surface area contributed by atoms with Crippen molar-refractivity contribution in [2.75, 3.05) is 13.7 Å². The van der Waals surface area contributed by atoms with Crippen LogP contribution in [0.25, 0.3) is 6.08 Å². The molecule has 9 heteroatoms. The van der Waals surface area contributed by atoms with Crippen LogP contribution in [0.1, 0.15) is 11.1 Å². The summed E-state index contributed by atoms with van der Waals surface area (Å²) in [6.45, 7) is -0.367. The summed E-state index contributed by atoms with van der Waals surface area (Å²) in [7, 11) is 1.40. The van der Waals surface area contributed by atoms with E-state index in [1.165, 1.54) is 43.5 Å². The molecule has 1 aliphatic heterocycles. The minimum atomic E-state index is -0.666. The first-order chi connectivity index (χ1) is 13.4. The number of ether oxygens (including phenoxy) is 3. The van der Waals surface area contributed by atoms with Gasteiger partial charge in [0.25, 0.3) is 5.91 Å². The zero-order valence-corrected chi connectivity index (χ0v) is 15.3. The predicted octanol–water partition coefficient (Wildman–Crippen LogP) is 2.70. The number of rotatable bonds is 6. The molecule has 0 radical (unpaired) electrons. The second-order valence-corrected chi connectivity index (χ2v) is 6.04. The summed E-state index contributed by atoms with van der Waals surface area (Å²) in [5, 5.41) is 0.154. The highest BCUT2D eigenvalue weighted by atomic mass is 35.5. The van der Waals surface area contributed by atoms with E-state index >= 15 is 0 Å². The summed E-state index contributed by atoms with van der Waals surface area (Å²) in [4.78, 5) is 27.1. The maximum Gasteiger partial charge on any atom is 0.363 e. The average Bonchev–Trinajstić information content (AvgIpc) is 3.01. The number of hydrogen-bond acceptors (Lipinski definition) is 6. The van der Waals surface area contributed by atoms with E-state index in [9.17, 15) is 14.0 Å². The number of aliphatic imine (C=N–C) groups is 1. The Balaban J connectivity index is 1.91. The highest BCUT2D eigenvalue weighted by Gasteiger charge is 2.24. The number of primary amides is 1. The Morgan fingerprint density at radius 3 is 2.68 bits per heavy atom. The number of carbonyl (C=O) groups is 2. The van der Waals surface area contributed by atoms with Gasteiger partial charge in [-0.1, -0.05) is 11.6 Å². The molecule has 0 spiro atoms. The predicted molar refractivity (Wildman–Crippen MR) is 99.7 cm³/mol. The largest absolute Gasteiger partial charge is 0.493 e. The Bertz CT molecular complexity index is 1000. The summed E-state index contributed by atoms with van der Waals surface area (Å²) >= 11 is 6.18. The van der Waals surface area contributed by atoms with E-state index in [1.54, 1.807) is 6.07 Å². The SMILES string of the molecule is COc1cc(/C=C2\N=C(c3ccc(F)cc3)OC2=O)cc(Cl)c1OCC(N)=O. The fourth-order valence-corrected chi connectivity index (χ4v) is 2.66. The van der Waals surface area contributed by atoms with Crippen molar-refractivity contribution in [3.63, 3.8) is 0 Å². The number of nitrogens with two attached hydrogens (primary N) is 1. The van der Waals surface area contributed by atoms with Crippen molar-refractivity contribution in [2.45, 2.75) is 0 Å². The number of benzene rings is 2. The van der Waals surface area contributed by atoms with Crippen LogP contribution in [0.2, 0.25) is 5.02 Å². The number of halogens is 2. The lowest BCUT2D eigenvalue weighted by molar-refractivity contribution is -0.130. The van der Waals surface area contributed by atoms with Gasteiger partial charge in [-0.05, 0) is 48.0 Å². The van der Waals surface area contributed by atoms with Crippen molar-refractivity contribution in [3.05, 3.63) is 64.1 Å². The molecule has 28 heavy (non-hydrogen) atoms. The van der Waals surface area contributed by atoms with Crippen molar-refractivity contribution in [1.82, 2.24) is 0 Å². The van der Waals surface area contributed by atoms with E-state index in [4.69, 9.17) is 31.5 Å². The number of hydrogen-bond donors (Lipinski definition) is 1. The Kier molecular flexibility index (Phi) is 5.60. The quantitative estimate of drug-likeness (QED) is 0.589. The molecule has 2 N–H and O–H groups in total. The van der Waals surface area contributed by atoms with Crippen LogP contribution in [0.5, 0.6) is 11.5 Å². The molecule has 0 aromatic heterocycles. The minimum absolute atomic E-state index is 0.0308. The minimum Gasteiger partial charge on any atom is -0.493 e. The molecule has 1 aliphatic rings. The molecule has 0 saturated carbocycles. The van der Waals surface area contributed by atoms with Crippen LogP contribution >= 0.6 is 11.6 Å². The van der Waals surface area contributed by atoms with E-state index in [0.29, 0.717) is 11.1 Å². The Labute approximate surface area is 164 Å². The molecule has 0 atom stereocenters. The maximum atomic E-state index is 13.0. The number of amides is 1. The Hall–Kier alpha value is -3.39. The third-order valence-corrected chi connectivity index (χ3v) is 3.91. The average molecular weight is 405 g/mol. The molecule has 2 aromatic carbocycles. The van der Waals surface area contributed by atoms with Gasteiger partial charge in [-0.25, -0.2) is 14.2 Å². The highest BCUT2D eigenvalue weighted by Crippen LogP contribution is 2.37. The Morgan fingerprint density at radius 2 is 2.04 bits per heavy atom. The first-order valence-corrected chi connectivity index (χ1v) is 8.32. The number of esters is 1. The summed E-state index contributed by atoms with van der Waals surface area (Å²) in [5.41, 5.74) is 6.04. The van der Waals surface area contributed by atoms with Gasteiger partial charge in [-0.2, -0.15) is 0 Å². The van der Waals surface area contributed by atoms with Crippen LogP contribution in [-0.2, 0) is 14.3 Å². The summed E-state index contributed by atoms with van der Waals surface area (Å²) in [6.07, 6.45) is 1.45. The van der Waals surface area contributed by atoms with Crippen molar-refractivity contribution in [3.8, 4) is 11.5 Å². The van der Waals surface area contributed by atoms with Crippen LogP contribution in [0.3, 0.4) is 0 Å². The van der Waals surface area contributed by atoms with Crippen LogP contribution in [-0.4, -0.2) is 31.5 Å². The number of cyclic esters (lactones) is 1. The number of carbonyl (C=O) groups excluding carboxylic acids is 2. The topological polar surface area (TPSA) is 100 Å². The van der Waals surface area contributed by atoms with Crippen LogP contribution in [0.15, 0.2) is 47.1 Å². The summed E-state index contributed by atoms with van der Waals surface area (Å²) < 4.78 is 28.6. The fourth-order valence-electron chi connectivity index (χ4n) is 2.39. The lowest BCUT2D eigenvalue weighted by Crippen LogP contribution is -2.20. The number of methoxy groups -OCH3 is 1. The lowest BCUT2D eigenvalue weighted by Gasteiger charge is -2.12. The molecular weight excluding hydrogens is 391 g/mol. The van der Waals surface area contributed by atoms with E-state index < -0.39 is 17.7 Å². The first kappa shape index (κ1) is 19.4. The van der Waals surface area contributed by atoms with E-state index in [-0.39, 0.29) is 34.7 Å². The summed E-state index contributed by atoms with van der Waals surface area (Å²) in [6, 6.07) is 8.44. The van der Waals surface area contributed by atoms with Crippen LogP contribution in [0.4, 0.5) is 4.39 Å². The molecule has 3 rings (SSSR count). The van der Waals surface area contributed by atoms with Gasteiger partial charge in [0, 0.05) is 5.56 Å². The maximum absolute atomic E-state index is 13.0. The zero-order chi connectivity index (χ0) is 20.3. The molecule has 0 unspecified atom stereocenters. The van der Waals surface area contributed by atoms with Gasteiger partial charge < -0.3 is 19.9 Å². The highest BCUT2D eigenvalue weighted by molar-refractivity contribution is 6.32. The van der Waals surface area contributed by atoms with Crippen molar-refractivity contribution < 1.29 is 28.2 Å². The zero-order valence-electron chi connectivity index (χ0n) is 14.6. The molecule has 2 aromatic rings. The van der Waals surface area contributed by atoms with Gasteiger partial charge in [0.05, 0.1) is 12.1 Å². The smallest absolute Gasteiger partial charge is 0.363 e. The van der Waals surface area contributed by atoms with Gasteiger partial charge in [-0.3, -0.25) is 4.79 Å². The van der Waals surface area contributed by atoms with Crippen molar-refractivity contribution in [2.24, 2.45) is 10.7 Å². The molecular formula is C19H14ClFN2O5. The molecule has 0 aliphatic carbocycles. The van der Waals surface area contributed by atoms with Gasteiger partial charge in [0.2, 0.25) is 5.90 Å². The van der Waals surface area contributed by atoms with Gasteiger partial charge >= 0.3 is 5.97 Å². The monoisotopic (exact) mass is 404 g/mol. The molecule has 7 nitrogen and oxygen atoms in total. The van der Waals surface area contributed by atoms with Crippen molar-refractivity contribution >= 4 is 35.5 Å². The van der Waals surface area contributed by atoms with Gasteiger partial charge in [0.15, 0.2) is 23.8 Å². The second kappa shape index (κ2) is 8.10. The lowest BCUT2D eigenvalue weighted by atomic mass is 10.1. The Morgan fingerprint density at radius 1 is 1.32 bits per heavy atom. The third-order valence-electron chi connectivity index (χ3n) is 3.63. The fraction of sp³-hybridized carbons (Fsp3) is 0.105. The second-order valence-electron chi connectivity index (χ2n) is 5.63. The van der Waals surface area contributed by atoms with E-state index in [2.05, 4.69) is 4.99 Å². The van der Waals surface area contributed by atoms with Crippen LogP contribution in [0, 0.1) is 5.82 Å².